The van der Waals surface area contributed by atoms with Gasteiger partial charge in [0.15, 0.2) is 0 Å². The summed E-state index contributed by atoms with van der Waals surface area (Å²) >= 11 is 2.11. The van der Waals surface area contributed by atoms with E-state index in [1.54, 1.807) is 0 Å². The number of halogens is 1. The van der Waals surface area contributed by atoms with Gasteiger partial charge >= 0.3 is 5.97 Å². The molecule has 0 radical (unpaired) electrons. The predicted octanol–water partition coefficient (Wildman–Crippen LogP) is 2.70. The van der Waals surface area contributed by atoms with Gasteiger partial charge in [0, 0.05) is 9.26 Å². The molecule has 0 saturated heterocycles. The van der Waals surface area contributed by atoms with Gasteiger partial charge < -0.3 is 10.8 Å². The molecule has 3 nitrogen and oxygen atoms in total. The SMILES string of the molecule is CC(C)c1cc(I)c(N)cc1C(=O)O. The van der Waals surface area contributed by atoms with E-state index < -0.39 is 5.97 Å². The zero-order valence-corrected chi connectivity index (χ0v) is 10.2. The first-order valence-electron chi connectivity index (χ1n) is 4.25. The monoisotopic (exact) mass is 305 g/mol. The van der Waals surface area contributed by atoms with Crippen LogP contribution in [0.5, 0.6) is 0 Å². The van der Waals surface area contributed by atoms with Gasteiger partial charge in [-0.25, -0.2) is 4.79 Å². The van der Waals surface area contributed by atoms with E-state index in [1.165, 1.54) is 6.07 Å². The fourth-order valence-corrected chi connectivity index (χ4v) is 1.76. The Morgan fingerprint density at radius 2 is 2.07 bits per heavy atom. The Bertz CT molecular complexity index is 375. The van der Waals surface area contributed by atoms with E-state index in [2.05, 4.69) is 22.6 Å². The lowest BCUT2D eigenvalue weighted by Gasteiger charge is -2.11. The number of benzene rings is 1. The lowest BCUT2D eigenvalue weighted by molar-refractivity contribution is 0.0695. The van der Waals surface area contributed by atoms with Crippen LogP contribution in [0.1, 0.15) is 35.7 Å². The number of hydrogen-bond acceptors (Lipinski definition) is 2. The first kappa shape index (κ1) is 11.3. The Morgan fingerprint density at radius 3 is 2.50 bits per heavy atom. The maximum Gasteiger partial charge on any atom is 0.336 e. The van der Waals surface area contributed by atoms with Gasteiger partial charge in [-0.05, 0) is 46.2 Å². The van der Waals surface area contributed by atoms with Crippen molar-refractivity contribution < 1.29 is 9.90 Å². The Balaban J connectivity index is 3.39. The molecule has 3 N–H and O–H groups in total. The molecule has 0 atom stereocenters. The van der Waals surface area contributed by atoms with Crippen molar-refractivity contribution in [3.05, 3.63) is 26.8 Å². The summed E-state index contributed by atoms with van der Waals surface area (Å²) in [5.41, 5.74) is 7.31. The van der Waals surface area contributed by atoms with Crippen LogP contribution in [0, 0.1) is 3.57 Å². The number of aromatic carboxylic acids is 1. The van der Waals surface area contributed by atoms with E-state index in [0.717, 1.165) is 9.13 Å². The third-order valence-electron chi connectivity index (χ3n) is 2.02. The van der Waals surface area contributed by atoms with E-state index in [4.69, 9.17) is 10.8 Å². The largest absolute Gasteiger partial charge is 0.478 e. The standard InChI is InChI=1S/C10H12INO2/c1-5(2)6-3-8(11)9(12)4-7(6)10(13)14/h3-5H,12H2,1-2H3,(H,13,14). The molecule has 0 unspecified atom stereocenters. The number of carboxylic acids is 1. The van der Waals surface area contributed by atoms with Crippen LogP contribution in [0.3, 0.4) is 0 Å². The van der Waals surface area contributed by atoms with E-state index >= 15 is 0 Å². The molecule has 0 bridgehead atoms. The van der Waals surface area contributed by atoms with Crippen molar-refractivity contribution in [2.45, 2.75) is 19.8 Å². The van der Waals surface area contributed by atoms with Crippen LogP contribution in [0.4, 0.5) is 5.69 Å². The second kappa shape index (κ2) is 4.16. The molecule has 0 aliphatic heterocycles. The van der Waals surface area contributed by atoms with Gasteiger partial charge in [0.2, 0.25) is 0 Å². The molecular formula is C10H12INO2. The lowest BCUT2D eigenvalue weighted by Crippen LogP contribution is -2.06. The van der Waals surface area contributed by atoms with Crippen LogP contribution in [-0.2, 0) is 0 Å². The summed E-state index contributed by atoms with van der Waals surface area (Å²) < 4.78 is 0.899. The minimum atomic E-state index is -0.920. The number of carbonyl (C=O) groups is 1. The van der Waals surface area contributed by atoms with Crippen LogP contribution in [-0.4, -0.2) is 11.1 Å². The van der Waals surface area contributed by atoms with Gasteiger partial charge in [-0.15, -0.1) is 0 Å². The molecule has 0 amide bonds. The molecule has 0 heterocycles. The quantitative estimate of drug-likeness (QED) is 0.652. The topological polar surface area (TPSA) is 63.3 Å². The number of nitrogen functional groups attached to an aromatic ring is 1. The Hall–Kier alpha value is -0.780. The minimum absolute atomic E-state index is 0.190. The average molecular weight is 305 g/mol. The fraction of sp³-hybridized carbons (Fsp3) is 0.300. The highest BCUT2D eigenvalue weighted by Crippen LogP contribution is 2.26. The highest BCUT2D eigenvalue weighted by molar-refractivity contribution is 14.1. The van der Waals surface area contributed by atoms with Gasteiger partial charge in [0.05, 0.1) is 5.56 Å². The first-order valence-corrected chi connectivity index (χ1v) is 5.33. The second-order valence-electron chi connectivity index (χ2n) is 3.42. The fourth-order valence-electron chi connectivity index (χ4n) is 1.27. The molecule has 1 aromatic carbocycles. The normalized spacial score (nSPS) is 10.6. The van der Waals surface area contributed by atoms with E-state index in [0.29, 0.717) is 11.3 Å². The summed E-state index contributed by atoms with van der Waals surface area (Å²) in [6.45, 7) is 3.93. The van der Waals surface area contributed by atoms with Crippen LogP contribution in [0.2, 0.25) is 0 Å². The maximum atomic E-state index is 10.9. The molecule has 4 heteroatoms. The second-order valence-corrected chi connectivity index (χ2v) is 4.58. The molecule has 0 spiro atoms. The molecule has 1 rings (SSSR count). The van der Waals surface area contributed by atoms with Crippen molar-refractivity contribution in [1.82, 2.24) is 0 Å². The molecule has 0 aliphatic carbocycles. The van der Waals surface area contributed by atoms with Crippen molar-refractivity contribution in [2.24, 2.45) is 0 Å². The van der Waals surface area contributed by atoms with E-state index in [9.17, 15) is 4.79 Å². The summed E-state index contributed by atoms with van der Waals surface area (Å²) in [5, 5.41) is 8.97. The van der Waals surface area contributed by atoms with Crippen molar-refractivity contribution in [1.29, 1.82) is 0 Å². The summed E-state index contributed by atoms with van der Waals surface area (Å²) in [4.78, 5) is 10.9. The lowest BCUT2D eigenvalue weighted by atomic mass is 9.97. The molecule has 14 heavy (non-hydrogen) atoms. The van der Waals surface area contributed by atoms with Gasteiger partial charge in [-0.2, -0.15) is 0 Å². The predicted molar refractivity (Wildman–Crippen MR) is 64.6 cm³/mol. The number of hydrogen-bond donors (Lipinski definition) is 2. The van der Waals surface area contributed by atoms with E-state index in [1.807, 2.05) is 19.9 Å². The third-order valence-corrected chi connectivity index (χ3v) is 2.96. The Morgan fingerprint density at radius 1 is 1.50 bits per heavy atom. The molecule has 0 fully saturated rings. The minimum Gasteiger partial charge on any atom is -0.478 e. The average Bonchev–Trinajstić information content (AvgIpc) is 2.08. The van der Waals surface area contributed by atoms with Crippen molar-refractivity contribution >= 4 is 34.2 Å². The van der Waals surface area contributed by atoms with Gasteiger partial charge in [0.1, 0.15) is 0 Å². The third kappa shape index (κ3) is 2.17. The summed E-state index contributed by atoms with van der Waals surface area (Å²) in [7, 11) is 0. The van der Waals surface area contributed by atoms with Crippen molar-refractivity contribution in [3.63, 3.8) is 0 Å². The van der Waals surface area contributed by atoms with Crippen molar-refractivity contribution in [3.8, 4) is 0 Å². The van der Waals surface area contributed by atoms with Crippen LogP contribution >= 0.6 is 22.6 Å². The van der Waals surface area contributed by atoms with Gasteiger partial charge in [-0.3, -0.25) is 0 Å². The molecule has 0 saturated carbocycles. The number of carboxylic acid groups (broad SMARTS) is 1. The van der Waals surface area contributed by atoms with Crippen LogP contribution < -0.4 is 5.73 Å². The highest BCUT2D eigenvalue weighted by atomic mass is 127. The van der Waals surface area contributed by atoms with Crippen LogP contribution in [0.15, 0.2) is 12.1 Å². The molecule has 0 aromatic heterocycles. The summed E-state index contributed by atoms with van der Waals surface area (Å²) in [6, 6.07) is 3.36. The Kier molecular flexibility index (Phi) is 3.36. The van der Waals surface area contributed by atoms with Crippen LogP contribution in [0.25, 0.3) is 0 Å². The molecule has 0 aliphatic rings. The zero-order valence-electron chi connectivity index (χ0n) is 8.04. The molecular weight excluding hydrogens is 293 g/mol. The smallest absolute Gasteiger partial charge is 0.336 e. The molecule has 76 valence electrons. The molecule has 1 aromatic rings. The number of rotatable bonds is 2. The summed E-state index contributed by atoms with van der Waals surface area (Å²) in [5.74, 6) is -0.730. The zero-order chi connectivity index (χ0) is 10.9. The van der Waals surface area contributed by atoms with E-state index in [-0.39, 0.29) is 5.92 Å². The number of anilines is 1. The Labute approximate surface area is 96.4 Å². The summed E-state index contributed by atoms with van der Waals surface area (Å²) in [6.07, 6.45) is 0. The van der Waals surface area contributed by atoms with Gasteiger partial charge in [0.25, 0.3) is 0 Å². The van der Waals surface area contributed by atoms with Crippen molar-refractivity contribution in [2.75, 3.05) is 5.73 Å². The van der Waals surface area contributed by atoms with Gasteiger partial charge in [-0.1, -0.05) is 13.8 Å². The maximum absolute atomic E-state index is 10.9. The first-order chi connectivity index (χ1) is 6.43. The highest BCUT2D eigenvalue weighted by Gasteiger charge is 2.14. The number of nitrogens with two attached hydrogens (primary N) is 1.